The highest BCUT2D eigenvalue weighted by Crippen LogP contribution is 2.29. The van der Waals surface area contributed by atoms with Crippen LogP contribution >= 0.6 is 15.9 Å². The Morgan fingerprint density at radius 2 is 2.08 bits per heavy atom. The van der Waals surface area contributed by atoms with Crippen LogP contribution in [0.25, 0.3) is 0 Å². The number of carbonyl (C=O) groups excluding carboxylic acids is 2. The Balaban J connectivity index is 1.72. The van der Waals surface area contributed by atoms with Crippen LogP contribution in [0, 0.1) is 18.7 Å². The maximum atomic E-state index is 13.2. The Hall–Kier alpha value is -2.21. The van der Waals surface area contributed by atoms with Crippen molar-refractivity contribution in [2.75, 3.05) is 16.8 Å². The summed E-state index contributed by atoms with van der Waals surface area (Å²) in [6.45, 7) is 2.27. The SMILES string of the molecule is Cc1cc(N2CC(C(=O)Nc3cccc(F)c3)CC2=O)ccc1Br. The summed E-state index contributed by atoms with van der Waals surface area (Å²) in [6.07, 6.45) is 0.149. The molecule has 0 aliphatic carbocycles. The fourth-order valence-electron chi connectivity index (χ4n) is 2.74. The lowest BCUT2D eigenvalue weighted by Crippen LogP contribution is -2.28. The second-order valence-corrected chi connectivity index (χ2v) is 6.69. The van der Waals surface area contributed by atoms with Crippen LogP contribution in [0.1, 0.15) is 12.0 Å². The number of anilines is 2. The van der Waals surface area contributed by atoms with E-state index in [0.717, 1.165) is 15.7 Å². The largest absolute Gasteiger partial charge is 0.326 e. The molecule has 0 bridgehead atoms. The molecule has 1 saturated heterocycles. The molecule has 0 spiro atoms. The van der Waals surface area contributed by atoms with Crippen molar-refractivity contribution < 1.29 is 14.0 Å². The van der Waals surface area contributed by atoms with E-state index in [-0.39, 0.29) is 18.2 Å². The Morgan fingerprint density at radius 1 is 1.29 bits per heavy atom. The molecule has 124 valence electrons. The number of aryl methyl sites for hydroxylation is 1. The van der Waals surface area contributed by atoms with E-state index < -0.39 is 11.7 Å². The molecule has 3 rings (SSSR count). The number of hydrogen-bond donors (Lipinski definition) is 1. The molecule has 1 heterocycles. The number of nitrogens with zero attached hydrogens (tertiary/aromatic N) is 1. The van der Waals surface area contributed by atoms with Crippen molar-refractivity contribution in [1.82, 2.24) is 0 Å². The second kappa shape index (κ2) is 6.73. The molecule has 0 aromatic heterocycles. The molecule has 4 nitrogen and oxygen atoms in total. The average Bonchev–Trinajstić information content (AvgIpc) is 2.92. The van der Waals surface area contributed by atoms with E-state index >= 15 is 0 Å². The van der Waals surface area contributed by atoms with Gasteiger partial charge in [0.25, 0.3) is 0 Å². The molecule has 1 fully saturated rings. The summed E-state index contributed by atoms with van der Waals surface area (Å²) in [5.41, 5.74) is 2.19. The molecule has 1 aliphatic rings. The lowest BCUT2D eigenvalue weighted by molar-refractivity contribution is -0.122. The van der Waals surface area contributed by atoms with Crippen LogP contribution in [0.15, 0.2) is 46.9 Å². The summed E-state index contributed by atoms with van der Waals surface area (Å²) in [5, 5.41) is 2.67. The summed E-state index contributed by atoms with van der Waals surface area (Å²) in [5.74, 6) is -1.23. The highest BCUT2D eigenvalue weighted by Gasteiger charge is 2.35. The first-order valence-electron chi connectivity index (χ1n) is 7.57. The molecule has 1 atom stereocenters. The summed E-state index contributed by atoms with van der Waals surface area (Å²) in [4.78, 5) is 26.2. The molecule has 0 saturated carbocycles. The molecule has 1 aliphatic heterocycles. The molecule has 1 unspecified atom stereocenters. The third-order valence-corrected chi connectivity index (χ3v) is 4.93. The highest BCUT2D eigenvalue weighted by atomic mass is 79.9. The van der Waals surface area contributed by atoms with Gasteiger partial charge in [0.1, 0.15) is 5.82 Å². The summed E-state index contributed by atoms with van der Waals surface area (Å²) >= 11 is 3.43. The Bertz CT molecular complexity index is 809. The van der Waals surface area contributed by atoms with E-state index in [0.29, 0.717) is 12.2 Å². The van der Waals surface area contributed by atoms with Gasteiger partial charge in [-0.1, -0.05) is 22.0 Å². The van der Waals surface area contributed by atoms with Gasteiger partial charge < -0.3 is 10.2 Å². The molecule has 2 aromatic carbocycles. The van der Waals surface area contributed by atoms with E-state index in [2.05, 4.69) is 21.2 Å². The average molecular weight is 391 g/mol. The quantitative estimate of drug-likeness (QED) is 0.863. The number of benzene rings is 2. The predicted molar refractivity (Wildman–Crippen MR) is 94.4 cm³/mol. The fourth-order valence-corrected chi connectivity index (χ4v) is 2.99. The number of halogens is 2. The van der Waals surface area contributed by atoms with E-state index in [1.807, 2.05) is 25.1 Å². The smallest absolute Gasteiger partial charge is 0.229 e. The fraction of sp³-hybridized carbons (Fsp3) is 0.222. The number of carbonyl (C=O) groups is 2. The number of rotatable bonds is 3. The van der Waals surface area contributed by atoms with Crippen LogP contribution in [0.4, 0.5) is 15.8 Å². The maximum absolute atomic E-state index is 13.2. The Morgan fingerprint density at radius 3 is 2.79 bits per heavy atom. The molecular formula is C18H16BrFN2O2. The molecule has 6 heteroatoms. The summed E-state index contributed by atoms with van der Waals surface area (Å²) < 4.78 is 14.2. The van der Waals surface area contributed by atoms with Crippen molar-refractivity contribution >= 4 is 39.1 Å². The topological polar surface area (TPSA) is 49.4 Å². The van der Waals surface area contributed by atoms with Crippen molar-refractivity contribution in [2.45, 2.75) is 13.3 Å². The van der Waals surface area contributed by atoms with Crippen molar-refractivity contribution in [1.29, 1.82) is 0 Å². The highest BCUT2D eigenvalue weighted by molar-refractivity contribution is 9.10. The van der Waals surface area contributed by atoms with Crippen molar-refractivity contribution in [3.05, 3.63) is 58.3 Å². The van der Waals surface area contributed by atoms with E-state index in [1.54, 1.807) is 11.0 Å². The van der Waals surface area contributed by atoms with Gasteiger partial charge in [0.15, 0.2) is 0 Å². The molecule has 2 amide bonds. The number of nitrogens with one attached hydrogen (secondary N) is 1. The first kappa shape index (κ1) is 16.6. The standard InChI is InChI=1S/C18H16BrFN2O2/c1-11-7-15(5-6-16(11)19)22-10-12(8-17(22)23)18(24)21-14-4-2-3-13(20)9-14/h2-7,9,12H,8,10H2,1H3,(H,21,24). The minimum atomic E-state index is -0.454. The van der Waals surface area contributed by atoms with E-state index in [1.165, 1.54) is 18.2 Å². The van der Waals surface area contributed by atoms with Crippen molar-refractivity contribution in [3.63, 3.8) is 0 Å². The maximum Gasteiger partial charge on any atom is 0.229 e. The van der Waals surface area contributed by atoms with Gasteiger partial charge in [0.2, 0.25) is 11.8 Å². The van der Waals surface area contributed by atoms with Gasteiger partial charge in [-0.25, -0.2) is 4.39 Å². The zero-order chi connectivity index (χ0) is 17.3. The third kappa shape index (κ3) is 3.48. The van der Waals surface area contributed by atoms with Crippen LogP contribution < -0.4 is 10.2 Å². The Labute approximate surface area is 147 Å². The van der Waals surface area contributed by atoms with Crippen LogP contribution in [0.2, 0.25) is 0 Å². The van der Waals surface area contributed by atoms with Gasteiger partial charge in [-0.15, -0.1) is 0 Å². The molecule has 1 N–H and O–H groups in total. The molecule has 24 heavy (non-hydrogen) atoms. The van der Waals surface area contributed by atoms with Gasteiger partial charge in [-0.3, -0.25) is 9.59 Å². The number of hydrogen-bond acceptors (Lipinski definition) is 2. The Kier molecular flexibility index (Phi) is 4.66. The normalized spacial score (nSPS) is 17.2. The predicted octanol–water partition coefficient (Wildman–Crippen LogP) is 3.89. The monoisotopic (exact) mass is 390 g/mol. The van der Waals surface area contributed by atoms with Gasteiger partial charge in [-0.05, 0) is 48.9 Å². The number of amides is 2. The lowest BCUT2D eigenvalue weighted by Gasteiger charge is -2.17. The lowest BCUT2D eigenvalue weighted by atomic mass is 10.1. The zero-order valence-electron chi connectivity index (χ0n) is 13.1. The first-order valence-corrected chi connectivity index (χ1v) is 8.36. The minimum Gasteiger partial charge on any atom is -0.326 e. The summed E-state index contributed by atoms with van der Waals surface area (Å²) in [6, 6.07) is 11.4. The van der Waals surface area contributed by atoms with Crippen LogP contribution in [-0.2, 0) is 9.59 Å². The molecule has 2 aromatic rings. The molecule has 0 radical (unpaired) electrons. The first-order chi connectivity index (χ1) is 11.4. The van der Waals surface area contributed by atoms with Gasteiger partial charge in [0, 0.05) is 28.8 Å². The van der Waals surface area contributed by atoms with Crippen molar-refractivity contribution in [2.24, 2.45) is 5.92 Å². The van der Waals surface area contributed by atoms with Gasteiger partial charge in [0.05, 0.1) is 5.92 Å². The van der Waals surface area contributed by atoms with E-state index in [9.17, 15) is 14.0 Å². The van der Waals surface area contributed by atoms with Gasteiger partial charge in [-0.2, -0.15) is 0 Å². The van der Waals surface area contributed by atoms with Crippen LogP contribution in [-0.4, -0.2) is 18.4 Å². The molecular weight excluding hydrogens is 375 g/mol. The second-order valence-electron chi connectivity index (χ2n) is 5.84. The summed E-state index contributed by atoms with van der Waals surface area (Å²) in [7, 11) is 0. The third-order valence-electron chi connectivity index (χ3n) is 4.04. The zero-order valence-corrected chi connectivity index (χ0v) is 14.6. The van der Waals surface area contributed by atoms with Crippen LogP contribution in [0.5, 0.6) is 0 Å². The van der Waals surface area contributed by atoms with Crippen molar-refractivity contribution in [3.8, 4) is 0 Å². The van der Waals surface area contributed by atoms with E-state index in [4.69, 9.17) is 0 Å². The van der Waals surface area contributed by atoms with Crippen LogP contribution in [0.3, 0.4) is 0 Å². The van der Waals surface area contributed by atoms with Gasteiger partial charge >= 0.3 is 0 Å². The minimum absolute atomic E-state index is 0.0869.